The van der Waals surface area contributed by atoms with E-state index in [0.717, 1.165) is 54.8 Å². The molecule has 1 unspecified atom stereocenters. The number of carbonyl (C=O) groups excluding carboxylic acids is 1. The van der Waals surface area contributed by atoms with Crippen molar-refractivity contribution in [3.8, 4) is 0 Å². The zero-order valence-corrected chi connectivity index (χ0v) is 18.8. The number of anilines is 1. The van der Waals surface area contributed by atoms with Gasteiger partial charge in [0.15, 0.2) is 0 Å². The summed E-state index contributed by atoms with van der Waals surface area (Å²) < 4.78 is 1.06. The van der Waals surface area contributed by atoms with Gasteiger partial charge in [-0.2, -0.15) is 0 Å². The van der Waals surface area contributed by atoms with E-state index in [4.69, 9.17) is 11.6 Å². The van der Waals surface area contributed by atoms with Crippen molar-refractivity contribution in [2.45, 2.75) is 39.2 Å². The fourth-order valence-electron chi connectivity index (χ4n) is 3.86. The third-order valence-corrected chi connectivity index (χ3v) is 6.40. The Morgan fingerprint density at radius 2 is 2.00 bits per heavy atom. The van der Waals surface area contributed by atoms with Gasteiger partial charge in [-0.3, -0.25) is 4.79 Å². The van der Waals surface area contributed by atoms with Crippen LogP contribution in [-0.2, 0) is 4.79 Å². The Morgan fingerprint density at radius 3 is 2.61 bits per heavy atom. The molecule has 150 valence electrons. The maximum Gasteiger partial charge on any atom is 0.226 e. The van der Waals surface area contributed by atoms with Crippen LogP contribution in [0, 0.1) is 5.92 Å². The highest BCUT2D eigenvalue weighted by Gasteiger charge is 2.31. The molecular weight excluding hydrogens is 438 g/mol. The molecule has 2 heterocycles. The molecule has 0 N–H and O–H groups in total. The Kier molecular flexibility index (Phi) is 7.36. The van der Waals surface area contributed by atoms with Crippen LogP contribution in [0.3, 0.4) is 0 Å². The van der Waals surface area contributed by atoms with E-state index < -0.39 is 0 Å². The van der Waals surface area contributed by atoms with Gasteiger partial charge in [-0.05, 0) is 49.9 Å². The van der Waals surface area contributed by atoms with Gasteiger partial charge in [0.05, 0.1) is 11.1 Å². The van der Waals surface area contributed by atoms with E-state index >= 15 is 0 Å². The lowest BCUT2D eigenvalue weighted by Gasteiger charge is -2.37. The van der Waals surface area contributed by atoms with E-state index in [2.05, 4.69) is 50.6 Å². The second-order valence-electron chi connectivity index (χ2n) is 7.33. The molecular formula is C22H27BrClN3O. The highest BCUT2D eigenvalue weighted by molar-refractivity contribution is 9.10. The lowest BCUT2D eigenvalue weighted by molar-refractivity contribution is -0.138. The maximum absolute atomic E-state index is 13.4. The third-order valence-electron chi connectivity index (χ3n) is 5.45. The van der Waals surface area contributed by atoms with Crippen LogP contribution in [0.5, 0.6) is 0 Å². The van der Waals surface area contributed by atoms with Crippen LogP contribution in [0.2, 0.25) is 5.02 Å². The minimum atomic E-state index is 0.0546. The molecule has 4 nitrogen and oxygen atoms in total. The summed E-state index contributed by atoms with van der Waals surface area (Å²) in [6, 6.07) is 12.0. The van der Waals surface area contributed by atoms with Gasteiger partial charge < -0.3 is 9.80 Å². The van der Waals surface area contributed by atoms with Crippen LogP contribution in [0.4, 0.5) is 5.82 Å². The van der Waals surface area contributed by atoms with Crippen LogP contribution in [0.1, 0.15) is 44.7 Å². The van der Waals surface area contributed by atoms with Crippen molar-refractivity contribution in [3.63, 3.8) is 0 Å². The lowest BCUT2D eigenvalue weighted by Crippen LogP contribution is -2.44. The average Bonchev–Trinajstić information content (AvgIpc) is 2.72. The summed E-state index contributed by atoms with van der Waals surface area (Å²) >= 11 is 9.58. The predicted molar refractivity (Wildman–Crippen MR) is 119 cm³/mol. The molecule has 28 heavy (non-hydrogen) atoms. The van der Waals surface area contributed by atoms with Crippen LogP contribution in [-0.4, -0.2) is 35.4 Å². The Hall–Kier alpha value is -1.59. The highest BCUT2D eigenvalue weighted by atomic mass is 79.9. The summed E-state index contributed by atoms with van der Waals surface area (Å²) in [7, 11) is 0. The second kappa shape index (κ2) is 9.75. The first-order valence-corrected chi connectivity index (χ1v) is 11.1. The van der Waals surface area contributed by atoms with Gasteiger partial charge in [-0.1, -0.05) is 52.7 Å². The quantitative estimate of drug-likeness (QED) is 0.549. The minimum Gasteiger partial charge on any atom is -0.357 e. The largest absolute Gasteiger partial charge is 0.357 e. The number of nitrogens with zero attached hydrogens (tertiary/aromatic N) is 3. The Morgan fingerprint density at radius 1 is 1.29 bits per heavy atom. The molecule has 1 fully saturated rings. The summed E-state index contributed by atoms with van der Waals surface area (Å²) in [6.45, 7) is 6.71. The van der Waals surface area contributed by atoms with Crippen molar-refractivity contribution >= 4 is 39.3 Å². The molecule has 0 saturated carbocycles. The molecule has 0 spiro atoms. The number of benzene rings is 1. The normalized spacial score (nSPS) is 16.1. The van der Waals surface area contributed by atoms with Gasteiger partial charge in [0, 0.05) is 36.2 Å². The van der Waals surface area contributed by atoms with Crippen molar-refractivity contribution in [2.75, 3.05) is 24.5 Å². The van der Waals surface area contributed by atoms with Crippen molar-refractivity contribution < 1.29 is 4.79 Å². The van der Waals surface area contributed by atoms with E-state index in [-0.39, 0.29) is 17.9 Å². The van der Waals surface area contributed by atoms with Crippen molar-refractivity contribution in [2.24, 2.45) is 5.92 Å². The molecule has 2 aromatic rings. The zero-order valence-electron chi connectivity index (χ0n) is 16.4. The van der Waals surface area contributed by atoms with Crippen LogP contribution in [0.15, 0.2) is 47.1 Å². The number of halogens is 2. The number of piperidine rings is 1. The Balaban J connectivity index is 1.67. The number of rotatable bonds is 6. The molecule has 0 bridgehead atoms. The monoisotopic (exact) mass is 463 g/mol. The van der Waals surface area contributed by atoms with E-state index in [1.807, 2.05) is 30.3 Å². The van der Waals surface area contributed by atoms with E-state index in [9.17, 15) is 4.79 Å². The van der Waals surface area contributed by atoms with Gasteiger partial charge in [0.25, 0.3) is 0 Å². The van der Waals surface area contributed by atoms with Crippen molar-refractivity contribution in [1.82, 2.24) is 9.88 Å². The molecule has 0 aliphatic carbocycles. The molecule has 1 amide bonds. The van der Waals surface area contributed by atoms with Gasteiger partial charge in [0.2, 0.25) is 5.91 Å². The number of hydrogen-bond donors (Lipinski definition) is 0. The Bertz CT molecular complexity index is 791. The smallest absolute Gasteiger partial charge is 0.226 e. The standard InChI is InChI=1S/C22H27BrClN3O/c1-3-12-27(16(2)19-6-4-5-7-20(19)23)22(28)17-10-13-26(14-11-17)21-9-8-18(24)15-25-21/h4-9,15-17H,3,10-14H2,1-2H3. The molecule has 1 atom stereocenters. The predicted octanol–water partition coefficient (Wildman–Crippen LogP) is 5.71. The summed E-state index contributed by atoms with van der Waals surface area (Å²) in [5.74, 6) is 1.27. The fourth-order valence-corrected chi connectivity index (χ4v) is 4.59. The molecule has 1 aromatic heterocycles. The van der Waals surface area contributed by atoms with E-state index in [0.29, 0.717) is 5.02 Å². The third kappa shape index (κ3) is 4.87. The van der Waals surface area contributed by atoms with E-state index in [1.54, 1.807) is 6.20 Å². The molecule has 0 radical (unpaired) electrons. The van der Waals surface area contributed by atoms with Crippen LogP contribution >= 0.6 is 27.5 Å². The maximum atomic E-state index is 13.4. The van der Waals surface area contributed by atoms with Gasteiger partial charge in [-0.15, -0.1) is 0 Å². The van der Waals surface area contributed by atoms with Gasteiger partial charge in [0.1, 0.15) is 5.82 Å². The lowest BCUT2D eigenvalue weighted by atomic mass is 9.93. The first-order chi connectivity index (χ1) is 13.5. The summed E-state index contributed by atoms with van der Waals surface area (Å²) in [5, 5.41) is 0.644. The molecule has 1 aliphatic rings. The van der Waals surface area contributed by atoms with E-state index in [1.165, 1.54) is 0 Å². The summed E-state index contributed by atoms with van der Waals surface area (Å²) in [4.78, 5) is 22.1. The number of aromatic nitrogens is 1. The van der Waals surface area contributed by atoms with Gasteiger partial charge >= 0.3 is 0 Å². The van der Waals surface area contributed by atoms with Crippen molar-refractivity contribution in [1.29, 1.82) is 0 Å². The molecule has 1 saturated heterocycles. The molecule has 6 heteroatoms. The number of amides is 1. The number of hydrogen-bond acceptors (Lipinski definition) is 3. The molecule has 3 rings (SSSR count). The second-order valence-corrected chi connectivity index (χ2v) is 8.62. The summed E-state index contributed by atoms with van der Waals surface area (Å²) in [5.41, 5.74) is 1.16. The SMILES string of the molecule is CCCN(C(=O)C1CCN(c2ccc(Cl)cn2)CC1)C(C)c1ccccc1Br. The number of pyridine rings is 1. The first kappa shape index (κ1) is 21.1. The summed E-state index contributed by atoms with van der Waals surface area (Å²) in [6.07, 6.45) is 4.34. The van der Waals surface area contributed by atoms with Gasteiger partial charge in [-0.25, -0.2) is 4.98 Å². The zero-order chi connectivity index (χ0) is 20.1. The average molecular weight is 465 g/mol. The van der Waals surface area contributed by atoms with Crippen molar-refractivity contribution in [3.05, 3.63) is 57.7 Å². The van der Waals surface area contributed by atoms with Crippen LogP contribution in [0.25, 0.3) is 0 Å². The van der Waals surface area contributed by atoms with Crippen LogP contribution < -0.4 is 4.90 Å². The topological polar surface area (TPSA) is 36.4 Å². The molecule has 1 aromatic carbocycles. The first-order valence-electron chi connectivity index (χ1n) is 9.92. The molecule has 1 aliphatic heterocycles. The highest BCUT2D eigenvalue weighted by Crippen LogP contribution is 2.31. The number of carbonyl (C=O) groups is 1. The Labute approximate surface area is 181 Å². The minimum absolute atomic E-state index is 0.0546. The fraction of sp³-hybridized carbons (Fsp3) is 0.455.